The molecule has 0 radical (unpaired) electrons. The summed E-state index contributed by atoms with van der Waals surface area (Å²) in [4.78, 5) is 4.65. The lowest BCUT2D eigenvalue weighted by atomic mass is 10.0. The number of benzene rings is 2. The van der Waals surface area contributed by atoms with E-state index in [0.717, 1.165) is 6.07 Å². The van der Waals surface area contributed by atoms with Gasteiger partial charge in [-0.1, -0.05) is 24.6 Å². The van der Waals surface area contributed by atoms with Crippen molar-refractivity contribution in [3.8, 4) is 11.5 Å². The van der Waals surface area contributed by atoms with Crippen molar-refractivity contribution in [1.82, 2.24) is 5.16 Å². The highest BCUT2D eigenvalue weighted by atomic mass is 19.4. The Kier molecular flexibility index (Phi) is 7.67. The van der Waals surface area contributed by atoms with Crippen LogP contribution in [0.2, 0.25) is 0 Å². The summed E-state index contributed by atoms with van der Waals surface area (Å²) in [5, 5.41) is 3.03. The molecule has 35 heavy (non-hydrogen) atoms. The zero-order chi connectivity index (χ0) is 25.8. The van der Waals surface area contributed by atoms with E-state index in [2.05, 4.69) is 14.7 Å². The molecule has 1 heterocycles. The van der Waals surface area contributed by atoms with Crippen molar-refractivity contribution in [1.29, 1.82) is 0 Å². The van der Waals surface area contributed by atoms with Crippen LogP contribution < -0.4 is 14.4 Å². The predicted molar refractivity (Wildman–Crippen MR) is 116 cm³/mol. The number of hydrogen-bond acceptors (Lipinski definition) is 5. The molecule has 0 aliphatic carbocycles. The normalized spacial score (nSPS) is 12.0. The van der Waals surface area contributed by atoms with Gasteiger partial charge in [-0.15, -0.1) is 13.2 Å². The maximum atomic E-state index is 13.2. The zero-order valence-corrected chi connectivity index (χ0v) is 18.8. The number of alkyl halides is 6. The average Bonchev–Trinajstić information content (AvgIpc) is 3.21. The average molecular weight is 501 g/mol. The summed E-state index contributed by atoms with van der Waals surface area (Å²) in [6.07, 6.45) is -8.16. The molecule has 1 aromatic heterocycles. The van der Waals surface area contributed by atoms with E-state index in [1.165, 1.54) is 29.2 Å². The minimum atomic E-state index is -4.92. The first kappa shape index (κ1) is 26.0. The first-order chi connectivity index (χ1) is 16.4. The van der Waals surface area contributed by atoms with Crippen molar-refractivity contribution in [3.05, 3.63) is 53.0 Å². The van der Waals surface area contributed by atoms with Gasteiger partial charge in [-0.2, -0.15) is 13.2 Å². The van der Waals surface area contributed by atoms with Gasteiger partial charge < -0.3 is 18.9 Å². The van der Waals surface area contributed by atoms with Gasteiger partial charge in [0.25, 0.3) is 0 Å². The largest absolute Gasteiger partial charge is 0.573 e. The fourth-order valence-corrected chi connectivity index (χ4v) is 3.57. The van der Waals surface area contributed by atoms with Gasteiger partial charge in [-0.3, -0.25) is 0 Å². The van der Waals surface area contributed by atoms with Crippen LogP contribution in [0, 0.1) is 6.57 Å². The molecular weight excluding hydrogens is 480 g/mol. The van der Waals surface area contributed by atoms with Crippen molar-refractivity contribution in [2.45, 2.75) is 38.7 Å². The number of ether oxygens (including phenoxy) is 2. The van der Waals surface area contributed by atoms with Crippen LogP contribution in [0.5, 0.6) is 11.5 Å². The zero-order valence-electron chi connectivity index (χ0n) is 18.8. The molecule has 6 nitrogen and oxygen atoms in total. The van der Waals surface area contributed by atoms with Crippen LogP contribution in [-0.4, -0.2) is 31.7 Å². The van der Waals surface area contributed by atoms with Crippen molar-refractivity contribution in [2.75, 3.05) is 25.1 Å². The summed E-state index contributed by atoms with van der Waals surface area (Å²) >= 11 is 0. The van der Waals surface area contributed by atoms with Gasteiger partial charge in [0.05, 0.1) is 24.3 Å². The predicted octanol–water partition coefficient (Wildman–Crippen LogP) is 7.15. The third-order valence-corrected chi connectivity index (χ3v) is 5.07. The fourth-order valence-electron chi connectivity index (χ4n) is 3.57. The van der Waals surface area contributed by atoms with E-state index in [0.29, 0.717) is 30.6 Å². The standard InChI is InChI=1S/C23H21F6N3O3/c1-4-6-15-18(10-8-16-20(15)35-31-21(16)22(24,25)26)33-12-5-11-32(3)17-9-7-14(30-2)13-19(17)34-23(27,28)29/h7-10,13H,4-6,11-12H2,1,3H3. The number of anilines is 1. The lowest BCUT2D eigenvalue weighted by Gasteiger charge is -2.23. The Hall–Kier alpha value is -3.62. The summed E-state index contributed by atoms with van der Waals surface area (Å²) in [6, 6.07) is 6.45. The van der Waals surface area contributed by atoms with Gasteiger partial charge in [0.2, 0.25) is 0 Å². The number of aromatic nitrogens is 1. The van der Waals surface area contributed by atoms with E-state index in [4.69, 9.17) is 15.8 Å². The van der Waals surface area contributed by atoms with Gasteiger partial charge in [0, 0.05) is 19.2 Å². The molecule has 0 amide bonds. The summed E-state index contributed by atoms with van der Waals surface area (Å²) in [5.41, 5.74) is -0.465. The van der Waals surface area contributed by atoms with Crippen LogP contribution in [0.1, 0.15) is 31.0 Å². The molecule has 0 aliphatic rings. The van der Waals surface area contributed by atoms with Gasteiger partial charge in [0.15, 0.2) is 17.0 Å². The highest BCUT2D eigenvalue weighted by Gasteiger charge is 2.37. The SMILES string of the molecule is [C-]#[N+]c1ccc(N(C)CCCOc2ccc3c(C(F)(F)F)noc3c2CCC)c(OC(F)(F)F)c1. The van der Waals surface area contributed by atoms with Crippen LogP contribution in [0.3, 0.4) is 0 Å². The molecule has 2 aromatic carbocycles. The summed E-state index contributed by atoms with van der Waals surface area (Å²) in [6.45, 7) is 9.26. The van der Waals surface area contributed by atoms with E-state index in [1.54, 1.807) is 7.05 Å². The van der Waals surface area contributed by atoms with Crippen molar-refractivity contribution >= 4 is 22.3 Å². The Morgan fingerprint density at radius 3 is 2.46 bits per heavy atom. The van der Waals surface area contributed by atoms with Gasteiger partial charge in [-0.05, 0) is 37.1 Å². The molecule has 12 heteroatoms. The molecule has 0 fully saturated rings. The maximum Gasteiger partial charge on any atom is 0.573 e. The molecule has 0 atom stereocenters. The number of fused-ring (bicyclic) bond motifs is 1. The Bertz CT molecular complexity index is 1210. The lowest BCUT2D eigenvalue weighted by molar-refractivity contribution is -0.274. The van der Waals surface area contributed by atoms with E-state index in [1.807, 2.05) is 6.92 Å². The van der Waals surface area contributed by atoms with E-state index in [-0.39, 0.29) is 35.5 Å². The number of nitrogens with zero attached hydrogens (tertiary/aromatic N) is 3. The monoisotopic (exact) mass is 501 g/mol. The van der Waals surface area contributed by atoms with Crippen molar-refractivity contribution < 1.29 is 40.3 Å². The van der Waals surface area contributed by atoms with Gasteiger partial charge in [-0.25, -0.2) is 4.85 Å². The molecule has 188 valence electrons. The molecular formula is C23H21F6N3O3. The topological polar surface area (TPSA) is 52.1 Å². The van der Waals surface area contributed by atoms with E-state index in [9.17, 15) is 26.3 Å². The molecule has 0 spiro atoms. The molecule has 3 rings (SSSR count). The van der Waals surface area contributed by atoms with Crippen molar-refractivity contribution in [3.63, 3.8) is 0 Å². The van der Waals surface area contributed by atoms with E-state index < -0.39 is 24.0 Å². The Balaban J connectivity index is 1.71. The van der Waals surface area contributed by atoms with Crippen LogP contribution in [-0.2, 0) is 12.6 Å². The summed E-state index contributed by atoms with van der Waals surface area (Å²) in [5.74, 6) is -0.134. The van der Waals surface area contributed by atoms with E-state index >= 15 is 0 Å². The number of aryl methyl sites for hydroxylation is 1. The van der Waals surface area contributed by atoms with Crippen LogP contribution in [0.25, 0.3) is 15.8 Å². The first-order valence-electron chi connectivity index (χ1n) is 10.5. The Labute approximate surface area is 196 Å². The van der Waals surface area contributed by atoms with Crippen molar-refractivity contribution in [2.24, 2.45) is 0 Å². The minimum Gasteiger partial charge on any atom is -0.493 e. The lowest BCUT2D eigenvalue weighted by Crippen LogP contribution is -2.23. The first-order valence-corrected chi connectivity index (χ1v) is 10.5. The van der Waals surface area contributed by atoms with Crippen LogP contribution in [0.15, 0.2) is 34.9 Å². The second-order valence-electron chi connectivity index (χ2n) is 7.63. The molecule has 0 saturated heterocycles. The van der Waals surface area contributed by atoms with Gasteiger partial charge in [0.1, 0.15) is 11.5 Å². The molecule has 0 N–H and O–H groups in total. The minimum absolute atomic E-state index is 0.00433. The summed E-state index contributed by atoms with van der Waals surface area (Å²) in [7, 11) is 1.57. The molecule has 0 bridgehead atoms. The fraction of sp³-hybridized carbons (Fsp3) is 0.391. The quantitative estimate of drug-likeness (QED) is 0.177. The molecule has 0 aliphatic heterocycles. The highest BCUT2D eigenvalue weighted by molar-refractivity contribution is 5.85. The van der Waals surface area contributed by atoms with Gasteiger partial charge >= 0.3 is 12.5 Å². The third kappa shape index (κ3) is 6.29. The molecule has 3 aromatic rings. The third-order valence-electron chi connectivity index (χ3n) is 5.07. The highest BCUT2D eigenvalue weighted by Crippen LogP contribution is 2.39. The number of hydrogen-bond donors (Lipinski definition) is 0. The summed E-state index contributed by atoms with van der Waals surface area (Å²) < 4.78 is 92.6. The number of halogens is 6. The second-order valence-corrected chi connectivity index (χ2v) is 7.63. The molecule has 0 saturated carbocycles. The molecule has 0 unspecified atom stereocenters. The second kappa shape index (κ2) is 10.3. The van der Waals surface area contributed by atoms with Crippen LogP contribution in [0.4, 0.5) is 37.7 Å². The Morgan fingerprint density at radius 1 is 1.09 bits per heavy atom. The smallest absolute Gasteiger partial charge is 0.493 e. The maximum absolute atomic E-state index is 13.2. The number of rotatable bonds is 9. The Morgan fingerprint density at radius 2 is 1.83 bits per heavy atom. The van der Waals surface area contributed by atoms with Crippen LogP contribution >= 0.6 is 0 Å².